The molecule has 7 heteroatoms. The molecule has 0 radical (unpaired) electrons. The van der Waals surface area contributed by atoms with Crippen molar-refractivity contribution in [3.63, 3.8) is 0 Å². The third-order valence-corrected chi connectivity index (χ3v) is 6.25. The first kappa shape index (κ1) is 24.6. The summed E-state index contributed by atoms with van der Waals surface area (Å²) in [5.41, 5.74) is 1.99. The summed E-state index contributed by atoms with van der Waals surface area (Å²) in [4.78, 5) is 27.3. The standard InChI is InChI=1S/C23H28Cl2N2O2S/c1-16(2)12-26-23(29)17(3)27(13-18-7-5-4-6-8-18)22(28)15-30-14-19-9-10-20(24)21(25)11-19/h4-11,16-17H,12-15H2,1-3H3,(H,26,29). The van der Waals surface area contributed by atoms with Crippen LogP contribution in [-0.4, -0.2) is 35.1 Å². The van der Waals surface area contributed by atoms with Gasteiger partial charge in [-0.05, 0) is 36.1 Å². The molecular weight excluding hydrogens is 439 g/mol. The number of thioether (sulfide) groups is 1. The number of carbonyl (C=O) groups excluding carboxylic acids is 2. The molecule has 0 aliphatic rings. The molecule has 4 nitrogen and oxygen atoms in total. The fourth-order valence-corrected chi connectivity index (χ4v) is 3.96. The maximum atomic E-state index is 13.0. The van der Waals surface area contributed by atoms with E-state index in [1.165, 1.54) is 11.8 Å². The molecular formula is C23H28Cl2N2O2S. The van der Waals surface area contributed by atoms with Gasteiger partial charge in [0.05, 0.1) is 15.8 Å². The number of rotatable bonds is 10. The number of hydrogen-bond donors (Lipinski definition) is 1. The molecule has 0 aliphatic carbocycles. The normalized spacial score (nSPS) is 11.9. The Kier molecular flexibility index (Phi) is 10.0. The van der Waals surface area contributed by atoms with Crippen LogP contribution in [0.25, 0.3) is 0 Å². The Hall–Kier alpha value is -1.69. The van der Waals surface area contributed by atoms with Crippen LogP contribution in [0.1, 0.15) is 31.9 Å². The van der Waals surface area contributed by atoms with E-state index in [1.54, 1.807) is 17.9 Å². The number of halogens is 2. The molecule has 0 saturated heterocycles. The van der Waals surface area contributed by atoms with Crippen LogP contribution in [0.2, 0.25) is 10.0 Å². The average molecular weight is 467 g/mol. The van der Waals surface area contributed by atoms with E-state index in [0.717, 1.165) is 11.1 Å². The number of nitrogens with zero attached hydrogens (tertiary/aromatic N) is 1. The van der Waals surface area contributed by atoms with Crippen molar-refractivity contribution in [3.8, 4) is 0 Å². The highest BCUT2D eigenvalue weighted by Gasteiger charge is 2.26. The summed E-state index contributed by atoms with van der Waals surface area (Å²) in [5, 5.41) is 3.94. The van der Waals surface area contributed by atoms with Crippen LogP contribution >= 0.6 is 35.0 Å². The highest BCUT2D eigenvalue weighted by Crippen LogP contribution is 2.25. The highest BCUT2D eigenvalue weighted by atomic mass is 35.5. The van der Waals surface area contributed by atoms with Gasteiger partial charge < -0.3 is 10.2 Å². The summed E-state index contributed by atoms with van der Waals surface area (Å²) >= 11 is 13.5. The van der Waals surface area contributed by atoms with Crippen LogP contribution in [0.5, 0.6) is 0 Å². The summed E-state index contributed by atoms with van der Waals surface area (Å²) in [5.74, 6) is 1.05. The zero-order chi connectivity index (χ0) is 22.1. The first-order valence-electron chi connectivity index (χ1n) is 9.90. The van der Waals surface area contributed by atoms with Crippen LogP contribution in [0.3, 0.4) is 0 Å². The lowest BCUT2D eigenvalue weighted by Crippen LogP contribution is -2.48. The molecule has 2 rings (SSSR count). The van der Waals surface area contributed by atoms with Gasteiger partial charge >= 0.3 is 0 Å². The van der Waals surface area contributed by atoms with Crippen LogP contribution in [0.4, 0.5) is 0 Å². The fourth-order valence-electron chi connectivity index (χ4n) is 2.78. The molecule has 2 amide bonds. The van der Waals surface area contributed by atoms with E-state index in [9.17, 15) is 9.59 Å². The lowest BCUT2D eigenvalue weighted by atomic mass is 10.1. The van der Waals surface area contributed by atoms with Gasteiger partial charge in [-0.1, -0.05) is 73.4 Å². The molecule has 1 atom stereocenters. The number of hydrogen-bond acceptors (Lipinski definition) is 3. The summed E-state index contributed by atoms with van der Waals surface area (Å²) < 4.78 is 0. The van der Waals surface area contributed by atoms with Gasteiger partial charge in [-0.25, -0.2) is 0 Å². The quantitative estimate of drug-likeness (QED) is 0.508. The molecule has 2 aromatic rings. The third-order valence-electron chi connectivity index (χ3n) is 4.53. The minimum absolute atomic E-state index is 0.0730. The van der Waals surface area contributed by atoms with Crippen molar-refractivity contribution in [2.24, 2.45) is 5.92 Å². The van der Waals surface area contributed by atoms with E-state index in [0.29, 0.717) is 34.8 Å². The van der Waals surface area contributed by atoms with Crippen LogP contribution in [0, 0.1) is 5.92 Å². The van der Waals surface area contributed by atoms with Crippen molar-refractivity contribution in [1.82, 2.24) is 10.2 Å². The molecule has 0 aliphatic heterocycles. The van der Waals surface area contributed by atoms with Crippen molar-refractivity contribution in [1.29, 1.82) is 0 Å². The maximum Gasteiger partial charge on any atom is 0.242 e. The largest absolute Gasteiger partial charge is 0.354 e. The fraction of sp³-hybridized carbons (Fsp3) is 0.391. The number of benzene rings is 2. The molecule has 2 aromatic carbocycles. The monoisotopic (exact) mass is 466 g/mol. The summed E-state index contributed by atoms with van der Waals surface area (Å²) in [7, 11) is 0. The van der Waals surface area contributed by atoms with Crippen molar-refractivity contribution in [2.45, 2.75) is 39.1 Å². The predicted octanol–water partition coefficient (Wildman–Crippen LogP) is 5.42. The van der Waals surface area contributed by atoms with Gasteiger partial charge in [0.2, 0.25) is 11.8 Å². The van der Waals surface area contributed by atoms with Crippen molar-refractivity contribution in [3.05, 3.63) is 69.7 Å². The van der Waals surface area contributed by atoms with E-state index >= 15 is 0 Å². The lowest BCUT2D eigenvalue weighted by molar-refractivity contribution is -0.138. The summed E-state index contributed by atoms with van der Waals surface area (Å²) in [6.07, 6.45) is 0. The zero-order valence-corrected chi connectivity index (χ0v) is 19.9. The van der Waals surface area contributed by atoms with Gasteiger partial charge in [0.1, 0.15) is 6.04 Å². The van der Waals surface area contributed by atoms with Crippen molar-refractivity contribution >= 4 is 46.8 Å². The molecule has 1 N–H and O–H groups in total. The molecule has 0 aromatic heterocycles. The Morgan fingerprint density at radius 3 is 2.33 bits per heavy atom. The molecule has 30 heavy (non-hydrogen) atoms. The van der Waals surface area contributed by atoms with E-state index in [4.69, 9.17) is 23.2 Å². The van der Waals surface area contributed by atoms with Crippen LogP contribution in [0.15, 0.2) is 48.5 Å². The van der Waals surface area contributed by atoms with Gasteiger partial charge in [0.15, 0.2) is 0 Å². The maximum absolute atomic E-state index is 13.0. The molecule has 1 unspecified atom stereocenters. The first-order valence-corrected chi connectivity index (χ1v) is 11.8. The number of amides is 2. The van der Waals surface area contributed by atoms with E-state index in [1.807, 2.05) is 56.3 Å². The van der Waals surface area contributed by atoms with Gasteiger partial charge in [-0.2, -0.15) is 0 Å². The van der Waals surface area contributed by atoms with Crippen LogP contribution < -0.4 is 5.32 Å². The van der Waals surface area contributed by atoms with E-state index in [-0.39, 0.29) is 17.6 Å². The van der Waals surface area contributed by atoms with Gasteiger partial charge in [0, 0.05) is 18.8 Å². The highest BCUT2D eigenvalue weighted by molar-refractivity contribution is 7.99. The van der Waals surface area contributed by atoms with Crippen molar-refractivity contribution in [2.75, 3.05) is 12.3 Å². The topological polar surface area (TPSA) is 49.4 Å². The zero-order valence-electron chi connectivity index (χ0n) is 17.5. The molecule has 0 fully saturated rings. The van der Waals surface area contributed by atoms with Gasteiger partial charge in [0.25, 0.3) is 0 Å². The Morgan fingerprint density at radius 1 is 1.00 bits per heavy atom. The third kappa shape index (κ3) is 7.86. The van der Waals surface area contributed by atoms with E-state index in [2.05, 4.69) is 5.32 Å². The second kappa shape index (κ2) is 12.2. The minimum atomic E-state index is -0.554. The Labute approximate surface area is 193 Å². The molecule has 0 heterocycles. The molecule has 0 saturated carbocycles. The Balaban J connectivity index is 2.03. The molecule has 0 spiro atoms. The second-order valence-corrected chi connectivity index (χ2v) is 9.36. The Bertz CT molecular complexity index is 846. The summed E-state index contributed by atoms with van der Waals surface area (Å²) in [6.45, 7) is 6.83. The summed E-state index contributed by atoms with van der Waals surface area (Å²) in [6, 6.07) is 14.6. The first-order chi connectivity index (χ1) is 14.3. The second-order valence-electron chi connectivity index (χ2n) is 7.56. The van der Waals surface area contributed by atoms with Gasteiger partial charge in [-0.3, -0.25) is 9.59 Å². The molecule has 0 bridgehead atoms. The average Bonchev–Trinajstić information content (AvgIpc) is 2.73. The van der Waals surface area contributed by atoms with Crippen molar-refractivity contribution < 1.29 is 9.59 Å². The predicted molar refractivity (Wildman–Crippen MR) is 127 cm³/mol. The van der Waals surface area contributed by atoms with Gasteiger partial charge in [-0.15, -0.1) is 11.8 Å². The SMILES string of the molecule is CC(C)CNC(=O)C(C)N(Cc1ccccc1)C(=O)CSCc1ccc(Cl)c(Cl)c1. The lowest BCUT2D eigenvalue weighted by Gasteiger charge is -2.29. The minimum Gasteiger partial charge on any atom is -0.354 e. The smallest absolute Gasteiger partial charge is 0.242 e. The Morgan fingerprint density at radius 2 is 1.70 bits per heavy atom. The molecule has 162 valence electrons. The number of carbonyl (C=O) groups is 2. The number of nitrogens with one attached hydrogen (secondary N) is 1. The van der Waals surface area contributed by atoms with Crippen LogP contribution in [-0.2, 0) is 21.9 Å². The van der Waals surface area contributed by atoms with E-state index < -0.39 is 6.04 Å².